The van der Waals surface area contributed by atoms with E-state index in [0.29, 0.717) is 50.4 Å². The van der Waals surface area contributed by atoms with Crippen LogP contribution in [-0.2, 0) is 30.2 Å². The molecule has 1 aliphatic rings. The van der Waals surface area contributed by atoms with Gasteiger partial charge in [0.15, 0.2) is 0 Å². The quantitative estimate of drug-likeness (QED) is 0.341. The van der Waals surface area contributed by atoms with Crippen molar-refractivity contribution >= 4 is 22.8 Å². The summed E-state index contributed by atoms with van der Waals surface area (Å²) in [6, 6.07) is 5.31. The zero-order chi connectivity index (χ0) is 28.6. The molecule has 1 saturated heterocycles. The second kappa shape index (κ2) is 13.9. The van der Waals surface area contributed by atoms with Crippen molar-refractivity contribution in [3.63, 3.8) is 0 Å². The fraction of sp³-hybridized carbons (Fsp3) is 0.607. The van der Waals surface area contributed by atoms with Crippen LogP contribution in [0.5, 0.6) is 0 Å². The molecular formula is C28H41N3O8. The number of benzene rings is 1. The molecule has 3 atom stereocenters. The smallest absolute Gasteiger partial charge is 0.341 e. The highest BCUT2D eigenvalue weighted by Gasteiger charge is 2.42. The van der Waals surface area contributed by atoms with Crippen LogP contribution in [0.4, 0.5) is 0 Å². The molecule has 0 spiro atoms. The Balaban J connectivity index is 1.37. The molecule has 11 nitrogen and oxygen atoms in total. The Morgan fingerprint density at radius 2 is 1.92 bits per heavy atom. The van der Waals surface area contributed by atoms with Crippen molar-refractivity contribution in [2.24, 2.45) is 0 Å². The van der Waals surface area contributed by atoms with Crippen LogP contribution in [0.25, 0.3) is 10.9 Å². The number of hydrogen-bond acceptors (Lipinski definition) is 8. The van der Waals surface area contributed by atoms with Crippen molar-refractivity contribution in [1.29, 1.82) is 0 Å². The molecular weight excluding hydrogens is 506 g/mol. The summed E-state index contributed by atoms with van der Waals surface area (Å²) in [6.07, 6.45) is 3.58. The zero-order valence-corrected chi connectivity index (χ0v) is 23.5. The van der Waals surface area contributed by atoms with Crippen molar-refractivity contribution in [2.75, 3.05) is 59.2 Å². The number of rotatable bonds is 14. The van der Waals surface area contributed by atoms with Crippen molar-refractivity contribution in [1.82, 2.24) is 9.99 Å². The fourth-order valence-corrected chi connectivity index (χ4v) is 4.80. The zero-order valence-electron chi connectivity index (χ0n) is 23.5. The first-order valence-corrected chi connectivity index (χ1v) is 13.3. The number of aromatic nitrogens is 1. The molecule has 0 radical (unpaired) electrons. The number of carbonyl (C=O) groups is 2. The third-order valence-corrected chi connectivity index (χ3v) is 7.20. The van der Waals surface area contributed by atoms with Crippen LogP contribution >= 0.6 is 0 Å². The maximum Gasteiger partial charge on any atom is 0.341 e. The van der Waals surface area contributed by atoms with E-state index in [-0.39, 0.29) is 30.0 Å². The van der Waals surface area contributed by atoms with Gasteiger partial charge in [-0.1, -0.05) is 6.07 Å². The van der Waals surface area contributed by atoms with Crippen molar-refractivity contribution in [2.45, 2.75) is 57.3 Å². The number of nitrogens with one attached hydrogen (secondary N) is 1. The second-order valence-electron chi connectivity index (χ2n) is 10.2. The van der Waals surface area contributed by atoms with E-state index in [4.69, 9.17) is 18.9 Å². The molecule has 1 aromatic carbocycles. The number of aryl methyl sites for hydroxylation is 1. The van der Waals surface area contributed by atoms with Crippen molar-refractivity contribution in [3.8, 4) is 0 Å². The van der Waals surface area contributed by atoms with Gasteiger partial charge in [-0.05, 0) is 44.4 Å². The lowest BCUT2D eigenvalue weighted by atomic mass is 9.86. The first kappa shape index (κ1) is 30.6. The first-order valence-electron chi connectivity index (χ1n) is 13.3. The molecule has 11 heteroatoms. The average molecular weight is 548 g/mol. The number of amides is 1. The number of ether oxygens (including phenoxy) is 4. The summed E-state index contributed by atoms with van der Waals surface area (Å²) in [6.45, 7) is 6.12. The highest BCUT2D eigenvalue weighted by atomic mass is 16.5. The number of fused-ring (bicyclic) bond motifs is 1. The Labute approximate surface area is 228 Å². The summed E-state index contributed by atoms with van der Waals surface area (Å²) in [5, 5.41) is 14.5. The minimum Gasteiger partial charge on any atom is -0.477 e. The highest BCUT2D eigenvalue weighted by Crippen LogP contribution is 2.28. The van der Waals surface area contributed by atoms with Gasteiger partial charge in [0.25, 0.3) is 0 Å². The monoisotopic (exact) mass is 547 g/mol. The maximum atomic E-state index is 12.7. The minimum absolute atomic E-state index is 0.107. The fourth-order valence-electron chi connectivity index (χ4n) is 4.80. The number of methoxy groups -OCH3 is 1. The van der Waals surface area contributed by atoms with E-state index in [2.05, 4.69) is 5.32 Å². The van der Waals surface area contributed by atoms with Gasteiger partial charge < -0.3 is 34.4 Å². The molecule has 1 aromatic heterocycles. The van der Waals surface area contributed by atoms with E-state index in [0.717, 1.165) is 18.4 Å². The van der Waals surface area contributed by atoms with E-state index in [1.807, 2.05) is 26.0 Å². The summed E-state index contributed by atoms with van der Waals surface area (Å²) >= 11 is 0. The molecule has 2 heterocycles. The number of nitrogens with zero attached hydrogens (tertiary/aromatic N) is 2. The van der Waals surface area contributed by atoms with E-state index in [9.17, 15) is 19.5 Å². The van der Waals surface area contributed by atoms with Gasteiger partial charge >= 0.3 is 5.97 Å². The Bertz CT molecular complexity index is 1200. The first-order chi connectivity index (χ1) is 18.6. The van der Waals surface area contributed by atoms with Gasteiger partial charge in [-0.3, -0.25) is 14.3 Å². The molecule has 1 fully saturated rings. The number of hydrogen-bond donors (Lipinski definition) is 2. The van der Waals surface area contributed by atoms with Gasteiger partial charge in [-0.15, -0.1) is 0 Å². The van der Waals surface area contributed by atoms with E-state index in [1.165, 1.54) is 6.20 Å². The van der Waals surface area contributed by atoms with E-state index < -0.39 is 17.0 Å². The standard InChI is InChI=1S/C28H41N3O8/c1-19-26(28(2,36-5)11-14-39-19)29-24(32)10-13-38-16-15-37-12-6-7-20-8-9-23-21(17-20)25(33)22(27(34)35)18-31(23)30(3)4/h8-9,17-19,26H,6-7,10-16H2,1-5H3,(H,29,32)(H,34,35)/t19-,26+,28?/m0/s1. The molecule has 2 N–H and O–H groups in total. The third-order valence-electron chi connectivity index (χ3n) is 7.20. The molecule has 39 heavy (non-hydrogen) atoms. The summed E-state index contributed by atoms with van der Waals surface area (Å²) in [5.41, 5.74) is 0.367. The molecule has 0 aliphatic carbocycles. The van der Waals surface area contributed by atoms with Crippen LogP contribution in [0, 0.1) is 0 Å². The number of carbonyl (C=O) groups excluding carboxylic acids is 1. The van der Waals surface area contributed by atoms with Gasteiger partial charge in [0.1, 0.15) is 5.56 Å². The van der Waals surface area contributed by atoms with Gasteiger partial charge in [0, 0.05) is 58.8 Å². The van der Waals surface area contributed by atoms with Crippen LogP contribution in [0.3, 0.4) is 0 Å². The van der Waals surface area contributed by atoms with E-state index >= 15 is 0 Å². The van der Waals surface area contributed by atoms with Crippen LogP contribution in [0.15, 0.2) is 29.2 Å². The normalized spacial score (nSPS) is 21.2. The Kier molecular flexibility index (Phi) is 10.9. The molecule has 1 unspecified atom stereocenters. The van der Waals surface area contributed by atoms with Crippen LogP contribution in [-0.4, -0.2) is 93.6 Å². The lowest BCUT2D eigenvalue weighted by molar-refractivity contribution is -0.146. The summed E-state index contributed by atoms with van der Waals surface area (Å²) in [7, 11) is 5.22. The lowest BCUT2D eigenvalue weighted by Crippen LogP contribution is -2.61. The summed E-state index contributed by atoms with van der Waals surface area (Å²) in [4.78, 5) is 36.6. The molecule has 216 valence electrons. The Hall–Kier alpha value is -2.99. The van der Waals surface area contributed by atoms with Gasteiger partial charge in [-0.2, -0.15) is 0 Å². The minimum atomic E-state index is -1.25. The predicted molar refractivity (Wildman–Crippen MR) is 147 cm³/mol. The number of carboxylic acids is 1. The third kappa shape index (κ3) is 7.78. The lowest BCUT2D eigenvalue weighted by Gasteiger charge is -2.44. The summed E-state index contributed by atoms with van der Waals surface area (Å²) in [5.74, 6) is -1.36. The molecule has 0 bridgehead atoms. The molecule has 0 saturated carbocycles. The Morgan fingerprint density at radius 3 is 2.59 bits per heavy atom. The van der Waals surface area contributed by atoms with Crippen molar-refractivity contribution in [3.05, 3.63) is 45.7 Å². The highest BCUT2D eigenvalue weighted by molar-refractivity contribution is 5.92. The van der Waals surface area contributed by atoms with Crippen LogP contribution in [0.2, 0.25) is 0 Å². The van der Waals surface area contributed by atoms with Crippen LogP contribution < -0.4 is 15.8 Å². The van der Waals surface area contributed by atoms with Gasteiger partial charge in [0.05, 0.1) is 43.1 Å². The molecule has 1 amide bonds. The summed E-state index contributed by atoms with van der Waals surface area (Å²) < 4.78 is 24.2. The largest absolute Gasteiger partial charge is 0.477 e. The van der Waals surface area contributed by atoms with Gasteiger partial charge in [-0.25, -0.2) is 4.79 Å². The predicted octanol–water partition coefficient (Wildman–Crippen LogP) is 1.95. The SMILES string of the molecule is COC1(C)CCO[C@@H](C)[C@H]1NC(=O)CCOCCOCCCc1ccc2c(c1)c(=O)c(C(=O)O)cn2N(C)C. The molecule has 3 rings (SSSR count). The van der Waals surface area contributed by atoms with Gasteiger partial charge in [0.2, 0.25) is 11.3 Å². The molecule has 2 aromatic rings. The number of carboxylic acid groups (broad SMARTS) is 1. The maximum absolute atomic E-state index is 12.7. The van der Waals surface area contributed by atoms with Crippen LogP contribution in [0.1, 0.15) is 49.0 Å². The van der Waals surface area contributed by atoms with E-state index in [1.54, 1.807) is 37.0 Å². The molecule has 1 aliphatic heterocycles. The average Bonchev–Trinajstić information content (AvgIpc) is 2.90. The number of pyridine rings is 1. The topological polar surface area (TPSA) is 129 Å². The van der Waals surface area contributed by atoms with Crippen molar-refractivity contribution < 1.29 is 33.6 Å². The second-order valence-corrected chi connectivity index (χ2v) is 10.2. The Morgan fingerprint density at radius 1 is 1.21 bits per heavy atom. The number of aromatic carboxylic acids is 1.